The normalized spacial score (nSPS) is 17.0. The van der Waals surface area contributed by atoms with Gasteiger partial charge in [-0.1, -0.05) is 6.92 Å². The fraction of sp³-hybridized carbons (Fsp3) is 0.316. The predicted molar refractivity (Wildman–Crippen MR) is 103 cm³/mol. The first-order valence-corrected chi connectivity index (χ1v) is 10.6. The van der Waals surface area contributed by atoms with Crippen molar-refractivity contribution in [3.63, 3.8) is 0 Å². The van der Waals surface area contributed by atoms with Crippen molar-refractivity contribution in [2.45, 2.75) is 43.7 Å². The molecule has 3 amide bonds. The molecule has 1 saturated heterocycles. The Bertz CT molecular complexity index is 1010. The zero-order valence-corrected chi connectivity index (χ0v) is 16.6. The van der Waals surface area contributed by atoms with Gasteiger partial charge in [0.1, 0.15) is 11.8 Å². The number of nitrogens with zero attached hydrogens (tertiary/aromatic N) is 2. The molecule has 154 valence electrons. The van der Waals surface area contributed by atoms with E-state index in [-0.39, 0.29) is 35.9 Å². The molecule has 29 heavy (non-hydrogen) atoms. The van der Waals surface area contributed by atoms with E-state index in [1.807, 2.05) is 6.92 Å². The van der Waals surface area contributed by atoms with Crippen LogP contribution in [0.1, 0.15) is 31.9 Å². The highest BCUT2D eigenvalue weighted by Gasteiger charge is 2.44. The molecule has 1 aliphatic heterocycles. The Hall–Kier alpha value is -2.98. The van der Waals surface area contributed by atoms with Gasteiger partial charge in [0.2, 0.25) is 21.8 Å². The van der Waals surface area contributed by atoms with Gasteiger partial charge < -0.3 is 9.32 Å². The number of sulfonamides is 1. The molecular formula is C19H21N3O6S. The predicted octanol–water partition coefficient (Wildman–Crippen LogP) is 1.39. The second-order valence-electron chi connectivity index (χ2n) is 6.68. The molecule has 1 unspecified atom stereocenters. The van der Waals surface area contributed by atoms with Crippen LogP contribution in [0.15, 0.2) is 52.0 Å². The summed E-state index contributed by atoms with van der Waals surface area (Å²) in [6.45, 7) is 1.93. The molecule has 3 rings (SSSR count). The number of hydrogen-bond donors (Lipinski definition) is 1. The van der Waals surface area contributed by atoms with Crippen molar-refractivity contribution in [2.24, 2.45) is 5.14 Å². The largest absolute Gasteiger partial charge is 0.467 e. The molecule has 1 aromatic carbocycles. The van der Waals surface area contributed by atoms with Crippen LogP contribution in [0.2, 0.25) is 0 Å². The highest BCUT2D eigenvalue weighted by atomic mass is 32.2. The SMILES string of the molecule is CCCC(=O)N(Cc1ccco1)C1CC(=O)N(c2ccc(S(N)(=O)=O)cc2)C1=O. The lowest BCUT2D eigenvalue weighted by atomic mass is 10.1. The molecule has 0 radical (unpaired) electrons. The van der Waals surface area contributed by atoms with Gasteiger partial charge in [-0.2, -0.15) is 0 Å². The number of carbonyl (C=O) groups is 3. The summed E-state index contributed by atoms with van der Waals surface area (Å²) in [5, 5.41) is 5.07. The van der Waals surface area contributed by atoms with E-state index in [1.54, 1.807) is 12.1 Å². The zero-order chi connectivity index (χ0) is 21.2. The van der Waals surface area contributed by atoms with Gasteiger partial charge in [-0.25, -0.2) is 18.5 Å². The molecule has 2 N–H and O–H groups in total. The first-order valence-electron chi connectivity index (χ1n) is 9.04. The van der Waals surface area contributed by atoms with Gasteiger partial charge in [-0.05, 0) is 42.8 Å². The van der Waals surface area contributed by atoms with Crippen LogP contribution >= 0.6 is 0 Å². The molecular weight excluding hydrogens is 398 g/mol. The summed E-state index contributed by atoms with van der Waals surface area (Å²) in [5.74, 6) is -0.765. The van der Waals surface area contributed by atoms with Gasteiger partial charge in [-0.3, -0.25) is 14.4 Å². The van der Waals surface area contributed by atoms with Crippen LogP contribution in [-0.4, -0.2) is 37.1 Å². The molecule has 2 aromatic rings. The van der Waals surface area contributed by atoms with E-state index in [4.69, 9.17) is 9.56 Å². The number of primary sulfonamides is 1. The maximum atomic E-state index is 13.0. The van der Waals surface area contributed by atoms with Gasteiger partial charge in [0.05, 0.1) is 29.8 Å². The number of rotatable bonds is 7. The number of imide groups is 1. The fourth-order valence-corrected chi connectivity index (χ4v) is 3.73. The van der Waals surface area contributed by atoms with Gasteiger partial charge in [0, 0.05) is 6.42 Å². The number of hydrogen-bond acceptors (Lipinski definition) is 6. The van der Waals surface area contributed by atoms with Crippen molar-refractivity contribution >= 4 is 33.4 Å². The van der Waals surface area contributed by atoms with Crippen molar-refractivity contribution < 1.29 is 27.2 Å². The van der Waals surface area contributed by atoms with Crippen LogP contribution in [0.3, 0.4) is 0 Å². The molecule has 10 heteroatoms. The lowest BCUT2D eigenvalue weighted by Crippen LogP contribution is -2.45. The number of amides is 3. The lowest BCUT2D eigenvalue weighted by molar-refractivity contribution is -0.139. The van der Waals surface area contributed by atoms with Gasteiger partial charge in [0.15, 0.2) is 0 Å². The van der Waals surface area contributed by atoms with Gasteiger partial charge in [0.25, 0.3) is 5.91 Å². The monoisotopic (exact) mass is 419 g/mol. The summed E-state index contributed by atoms with van der Waals surface area (Å²) in [6.07, 6.45) is 2.15. The quantitative estimate of drug-likeness (QED) is 0.675. The summed E-state index contributed by atoms with van der Waals surface area (Å²) < 4.78 is 28.1. The van der Waals surface area contributed by atoms with E-state index in [9.17, 15) is 22.8 Å². The summed E-state index contributed by atoms with van der Waals surface area (Å²) in [4.78, 5) is 40.4. The maximum absolute atomic E-state index is 13.0. The van der Waals surface area contributed by atoms with Crippen LogP contribution in [0.4, 0.5) is 5.69 Å². The molecule has 1 aliphatic rings. The Morgan fingerprint density at radius 3 is 2.48 bits per heavy atom. The molecule has 1 atom stereocenters. The van der Waals surface area contributed by atoms with E-state index >= 15 is 0 Å². The molecule has 2 heterocycles. The molecule has 1 fully saturated rings. The van der Waals surface area contributed by atoms with Crippen molar-refractivity contribution in [3.8, 4) is 0 Å². The van der Waals surface area contributed by atoms with Crippen LogP contribution in [0, 0.1) is 0 Å². The fourth-order valence-electron chi connectivity index (χ4n) is 3.22. The maximum Gasteiger partial charge on any atom is 0.257 e. The molecule has 1 aromatic heterocycles. The smallest absolute Gasteiger partial charge is 0.257 e. The zero-order valence-electron chi connectivity index (χ0n) is 15.8. The average Bonchev–Trinajstić information content (AvgIpc) is 3.27. The average molecular weight is 419 g/mol. The second kappa shape index (κ2) is 8.18. The lowest BCUT2D eigenvalue weighted by Gasteiger charge is -2.26. The summed E-state index contributed by atoms with van der Waals surface area (Å²) in [5.41, 5.74) is 0.218. The van der Waals surface area contributed by atoms with Gasteiger partial charge in [-0.15, -0.1) is 0 Å². The minimum absolute atomic E-state index is 0.0771. The third kappa shape index (κ3) is 4.38. The topological polar surface area (TPSA) is 131 Å². The van der Waals surface area contributed by atoms with E-state index in [2.05, 4.69) is 0 Å². The van der Waals surface area contributed by atoms with Crippen LogP contribution in [0.5, 0.6) is 0 Å². The first kappa shape index (κ1) is 20.7. The molecule has 0 saturated carbocycles. The highest BCUT2D eigenvalue weighted by Crippen LogP contribution is 2.28. The van der Waals surface area contributed by atoms with Gasteiger partial charge >= 0.3 is 0 Å². The number of benzene rings is 1. The Kier molecular flexibility index (Phi) is 5.85. The van der Waals surface area contributed by atoms with Crippen LogP contribution < -0.4 is 10.0 Å². The summed E-state index contributed by atoms with van der Waals surface area (Å²) in [6, 6.07) is 7.54. The highest BCUT2D eigenvalue weighted by molar-refractivity contribution is 7.89. The van der Waals surface area contributed by atoms with Crippen molar-refractivity contribution in [3.05, 3.63) is 48.4 Å². The van der Waals surface area contributed by atoms with Crippen LogP contribution in [-0.2, 0) is 31.0 Å². The number of nitrogens with two attached hydrogens (primary N) is 1. The van der Waals surface area contributed by atoms with E-state index < -0.39 is 27.9 Å². The van der Waals surface area contributed by atoms with E-state index in [0.29, 0.717) is 12.2 Å². The van der Waals surface area contributed by atoms with Crippen molar-refractivity contribution in [2.75, 3.05) is 4.90 Å². The summed E-state index contributed by atoms with van der Waals surface area (Å²) in [7, 11) is -3.89. The third-order valence-corrected chi connectivity index (χ3v) is 5.54. The minimum atomic E-state index is -3.89. The summed E-state index contributed by atoms with van der Waals surface area (Å²) >= 11 is 0. The number of furan rings is 1. The second-order valence-corrected chi connectivity index (χ2v) is 8.24. The molecule has 0 aliphatic carbocycles. The number of carbonyl (C=O) groups excluding carboxylic acids is 3. The molecule has 0 spiro atoms. The van der Waals surface area contributed by atoms with Crippen molar-refractivity contribution in [1.82, 2.24) is 4.90 Å². The number of anilines is 1. The van der Waals surface area contributed by atoms with E-state index in [0.717, 1.165) is 4.90 Å². The Morgan fingerprint density at radius 2 is 1.93 bits per heavy atom. The van der Waals surface area contributed by atoms with Crippen molar-refractivity contribution in [1.29, 1.82) is 0 Å². The Morgan fingerprint density at radius 1 is 1.24 bits per heavy atom. The molecule has 0 bridgehead atoms. The third-order valence-electron chi connectivity index (χ3n) is 4.61. The van der Waals surface area contributed by atoms with Crippen LogP contribution in [0.25, 0.3) is 0 Å². The Labute approximate surface area is 168 Å². The van der Waals surface area contributed by atoms with E-state index in [1.165, 1.54) is 35.4 Å². The molecule has 9 nitrogen and oxygen atoms in total. The standard InChI is InChI=1S/C19H21N3O6S/c1-2-4-17(23)21(12-14-5-3-10-28-14)16-11-18(24)22(19(16)25)13-6-8-15(9-7-13)29(20,26)27/h3,5-10,16H,2,4,11-12H2,1H3,(H2,20,26,27). The minimum Gasteiger partial charge on any atom is -0.467 e. The Balaban J connectivity index is 1.87. The first-order chi connectivity index (χ1) is 13.7.